The van der Waals surface area contributed by atoms with Gasteiger partial charge in [0, 0.05) is 35.8 Å². The van der Waals surface area contributed by atoms with Gasteiger partial charge in [-0.3, -0.25) is 9.59 Å². The van der Waals surface area contributed by atoms with Crippen LogP contribution in [0.25, 0.3) is 0 Å². The lowest BCUT2D eigenvalue weighted by Crippen LogP contribution is -2.35. The number of nitrogens with one attached hydrogen (secondary N) is 1. The van der Waals surface area contributed by atoms with Crippen LogP contribution in [0, 0.1) is 5.92 Å². The van der Waals surface area contributed by atoms with Crippen molar-refractivity contribution in [3.8, 4) is 0 Å². The summed E-state index contributed by atoms with van der Waals surface area (Å²) in [7, 11) is -3.54. The molecule has 1 N–H and O–H groups in total. The zero-order chi connectivity index (χ0) is 22.3. The number of amides is 2. The summed E-state index contributed by atoms with van der Waals surface area (Å²) < 4.78 is 27.1. The lowest BCUT2D eigenvalue weighted by molar-refractivity contribution is -0.117. The highest BCUT2D eigenvalue weighted by molar-refractivity contribution is 7.89. The molecule has 1 saturated heterocycles. The fourth-order valence-corrected chi connectivity index (χ4v) is 6.38. The van der Waals surface area contributed by atoms with E-state index in [1.165, 1.54) is 34.1 Å². The topological polar surface area (TPSA) is 95.9 Å². The molecular weight excluding hydrogens is 426 g/mol. The summed E-state index contributed by atoms with van der Waals surface area (Å²) in [4.78, 5) is 29.4. The molecule has 0 spiro atoms. The van der Waals surface area contributed by atoms with Gasteiger partial charge in [0.15, 0.2) is 0 Å². The molecular formula is C24H25N3O4S. The molecule has 0 aromatic heterocycles. The van der Waals surface area contributed by atoms with Gasteiger partial charge in [0.1, 0.15) is 0 Å². The Labute approximate surface area is 187 Å². The molecule has 166 valence electrons. The number of nitrogens with zero attached hydrogens (tertiary/aromatic N) is 2. The van der Waals surface area contributed by atoms with Crippen LogP contribution in [0.5, 0.6) is 0 Å². The number of carbonyl (C=O) groups excluding carboxylic acids is 2. The number of carbonyl (C=O) groups is 2. The van der Waals surface area contributed by atoms with Crippen LogP contribution < -0.4 is 5.32 Å². The van der Waals surface area contributed by atoms with Crippen LogP contribution >= 0.6 is 0 Å². The van der Waals surface area contributed by atoms with Gasteiger partial charge < -0.3 is 5.32 Å². The van der Waals surface area contributed by atoms with Gasteiger partial charge in [0.25, 0.3) is 11.8 Å². The molecule has 8 heteroatoms. The van der Waals surface area contributed by atoms with Crippen LogP contribution in [0.4, 0.5) is 0 Å². The van der Waals surface area contributed by atoms with Crippen molar-refractivity contribution in [3.05, 3.63) is 64.9 Å². The maximum atomic E-state index is 12.8. The summed E-state index contributed by atoms with van der Waals surface area (Å²) in [6.45, 7) is 1.07. The Balaban J connectivity index is 1.33. The van der Waals surface area contributed by atoms with Gasteiger partial charge in [-0.15, -0.1) is 0 Å². The standard InChI is InChI=1S/C24H25N3O4S/c28-23(16-7-10-18(11-8-16)32(30,31)27-13-2-1-3-14-27)25-17-9-12-20-19-5-4-6-21(19)24(29)26-22(20)15-17/h7-12,15,20H,1-6,13-14H2,(H,26,29). The number of allylic oxidation sites excluding steroid dienone is 3. The first kappa shape index (κ1) is 21.0. The lowest BCUT2D eigenvalue weighted by atomic mass is 9.85. The average molecular weight is 452 g/mol. The Morgan fingerprint density at radius 2 is 1.78 bits per heavy atom. The first-order chi connectivity index (χ1) is 15.4. The van der Waals surface area contributed by atoms with Gasteiger partial charge >= 0.3 is 0 Å². The van der Waals surface area contributed by atoms with E-state index in [1.807, 2.05) is 12.2 Å². The highest BCUT2D eigenvalue weighted by Crippen LogP contribution is 2.39. The fourth-order valence-electron chi connectivity index (χ4n) is 4.86. The van der Waals surface area contributed by atoms with Gasteiger partial charge in [-0.2, -0.15) is 4.31 Å². The summed E-state index contributed by atoms with van der Waals surface area (Å²) in [6.07, 6.45) is 11.1. The van der Waals surface area contributed by atoms with Crippen molar-refractivity contribution >= 4 is 27.5 Å². The zero-order valence-corrected chi connectivity index (χ0v) is 18.5. The Hall–Kier alpha value is -2.84. The van der Waals surface area contributed by atoms with Gasteiger partial charge in [-0.25, -0.2) is 13.4 Å². The number of hydrogen-bond acceptors (Lipinski definition) is 4. The van der Waals surface area contributed by atoms with Crippen molar-refractivity contribution in [1.29, 1.82) is 0 Å². The smallest absolute Gasteiger partial charge is 0.277 e. The second-order valence-electron chi connectivity index (χ2n) is 8.58. The SMILES string of the molecule is O=C1NC2=CC(=NC(=O)c3ccc(S(=O)(=O)N4CCCCC4)cc3)C=CC2C2=C1CCC2. The van der Waals surface area contributed by atoms with Crippen LogP contribution in [0.3, 0.4) is 0 Å². The van der Waals surface area contributed by atoms with Gasteiger partial charge in [-0.05, 0) is 74.1 Å². The van der Waals surface area contributed by atoms with E-state index in [0.717, 1.165) is 49.8 Å². The largest absolute Gasteiger partial charge is 0.325 e. The van der Waals surface area contributed by atoms with E-state index in [2.05, 4.69) is 10.3 Å². The quantitative estimate of drug-likeness (QED) is 0.764. The van der Waals surface area contributed by atoms with Crippen molar-refractivity contribution in [2.24, 2.45) is 10.9 Å². The minimum atomic E-state index is -3.54. The molecule has 2 aliphatic heterocycles. The first-order valence-electron chi connectivity index (χ1n) is 11.1. The van der Waals surface area contributed by atoms with Gasteiger partial charge in [0.05, 0.1) is 10.6 Å². The average Bonchev–Trinajstić information content (AvgIpc) is 3.31. The minimum Gasteiger partial charge on any atom is -0.325 e. The van der Waals surface area contributed by atoms with E-state index in [-0.39, 0.29) is 16.7 Å². The molecule has 5 rings (SSSR count). The third kappa shape index (κ3) is 3.78. The number of rotatable bonds is 3. The van der Waals surface area contributed by atoms with E-state index in [0.29, 0.717) is 24.4 Å². The van der Waals surface area contributed by atoms with Gasteiger partial charge in [0.2, 0.25) is 10.0 Å². The third-order valence-electron chi connectivity index (χ3n) is 6.55. The van der Waals surface area contributed by atoms with Crippen molar-refractivity contribution in [2.75, 3.05) is 13.1 Å². The minimum absolute atomic E-state index is 0.0496. The number of piperidine rings is 1. The molecule has 1 aromatic carbocycles. The van der Waals surface area contributed by atoms with Crippen molar-refractivity contribution in [1.82, 2.24) is 9.62 Å². The summed E-state index contributed by atoms with van der Waals surface area (Å²) in [5.74, 6) is -0.449. The van der Waals surface area contributed by atoms with E-state index < -0.39 is 15.9 Å². The highest BCUT2D eigenvalue weighted by atomic mass is 32.2. The molecule has 0 radical (unpaired) electrons. The molecule has 1 atom stereocenters. The van der Waals surface area contributed by atoms with E-state index in [4.69, 9.17) is 0 Å². The maximum Gasteiger partial charge on any atom is 0.277 e. The molecule has 2 aliphatic carbocycles. The number of hydrogen-bond donors (Lipinski definition) is 1. The fraction of sp³-hybridized carbons (Fsp3) is 0.375. The van der Waals surface area contributed by atoms with Crippen LogP contribution in [0.2, 0.25) is 0 Å². The maximum absolute atomic E-state index is 12.8. The first-order valence-corrected chi connectivity index (χ1v) is 12.5. The second kappa shape index (κ2) is 8.26. The van der Waals surface area contributed by atoms with Crippen molar-refractivity contribution < 1.29 is 18.0 Å². The number of aliphatic imine (C=N–C) groups is 1. The van der Waals surface area contributed by atoms with Crippen molar-refractivity contribution in [3.63, 3.8) is 0 Å². The Bertz CT molecular complexity index is 1200. The predicted molar refractivity (Wildman–Crippen MR) is 121 cm³/mol. The summed E-state index contributed by atoms with van der Waals surface area (Å²) in [5.41, 5.74) is 3.61. The molecule has 0 bridgehead atoms. The molecule has 7 nitrogen and oxygen atoms in total. The summed E-state index contributed by atoms with van der Waals surface area (Å²) in [6, 6.07) is 5.95. The van der Waals surface area contributed by atoms with E-state index in [1.54, 1.807) is 6.08 Å². The Morgan fingerprint density at radius 1 is 1.03 bits per heavy atom. The molecule has 1 aromatic rings. The lowest BCUT2D eigenvalue weighted by Gasteiger charge is -2.28. The summed E-state index contributed by atoms with van der Waals surface area (Å²) in [5, 5.41) is 2.94. The van der Waals surface area contributed by atoms with Crippen LogP contribution in [0.1, 0.15) is 48.9 Å². The van der Waals surface area contributed by atoms with E-state index >= 15 is 0 Å². The molecule has 1 fully saturated rings. The van der Waals surface area contributed by atoms with Crippen molar-refractivity contribution in [2.45, 2.75) is 43.4 Å². The summed E-state index contributed by atoms with van der Waals surface area (Å²) >= 11 is 0. The van der Waals surface area contributed by atoms with Gasteiger partial charge in [-0.1, -0.05) is 12.5 Å². The number of fused-ring (bicyclic) bond motifs is 2. The third-order valence-corrected chi connectivity index (χ3v) is 8.46. The monoisotopic (exact) mass is 451 g/mol. The molecule has 4 aliphatic rings. The normalized spacial score (nSPS) is 24.8. The molecule has 0 saturated carbocycles. The molecule has 2 amide bonds. The highest BCUT2D eigenvalue weighted by Gasteiger charge is 2.34. The molecule has 2 heterocycles. The zero-order valence-electron chi connectivity index (χ0n) is 17.7. The number of sulfonamides is 1. The Morgan fingerprint density at radius 3 is 2.53 bits per heavy atom. The second-order valence-corrected chi connectivity index (χ2v) is 10.5. The van der Waals surface area contributed by atoms with Crippen LogP contribution in [-0.4, -0.2) is 43.3 Å². The van der Waals surface area contributed by atoms with Crippen LogP contribution in [0.15, 0.2) is 69.2 Å². The van der Waals surface area contributed by atoms with E-state index in [9.17, 15) is 18.0 Å². The predicted octanol–water partition coefficient (Wildman–Crippen LogP) is 3.12. The molecule has 1 unspecified atom stereocenters. The number of benzene rings is 1. The molecule has 32 heavy (non-hydrogen) atoms. The Kier molecular flexibility index (Phi) is 5.43. The van der Waals surface area contributed by atoms with Crippen LogP contribution in [-0.2, 0) is 14.8 Å².